The van der Waals surface area contributed by atoms with Crippen molar-refractivity contribution in [3.63, 3.8) is 0 Å². The largest absolute Gasteiger partial charge is 0.487 e. The normalized spacial score (nSPS) is 14.4. The van der Waals surface area contributed by atoms with Gasteiger partial charge in [0.2, 0.25) is 0 Å². The van der Waals surface area contributed by atoms with Gasteiger partial charge in [-0.3, -0.25) is 0 Å². The van der Waals surface area contributed by atoms with Crippen LogP contribution >= 0.6 is 27.3 Å². The van der Waals surface area contributed by atoms with Gasteiger partial charge in [0.1, 0.15) is 12.4 Å². The van der Waals surface area contributed by atoms with Gasteiger partial charge in [-0.25, -0.2) is 0 Å². The van der Waals surface area contributed by atoms with Gasteiger partial charge in [-0.1, -0.05) is 12.1 Å². The number of hydrogen-bond acceptors (Lipinski definition) is 3. The quantitative estimate of drug-likeness (QED) is 0.780. The molecule has 1 saturated carbocycles. The summed E-state index contributed by atoms with van der Waals surface area (Å²) < 4.78 is 7.18. The van der Waals surface area contributed by atoms with Crippen molar-refractivity contribution in [3.05, 3.63) is 49.6 Å². The Hall–Kier alpha value is -0.840. The molecule has 0 atom stereocenters. The molecule has 1 N–H and O–H groups in total. The van der Waals surface area contributed by atoms with E-state index in [2.05, 4.69) is 58.7 Å². The Morgan fingerprint density at radius 2 is 2.00 bits per heavy atom. The molecule has 0 bridgehead atoms. The van der Waals surface area contributed by atoms with Crippen LogP contribution in [0.4, 0.5) is 0 Å². The third kappa shape index (κ3) is 3.87. The second-order valence-electron chi connectivity index (χ2n) is 5.69. The first-order chi connectivity index (χ1) is 10.1. The summed E-state index contributed by atoms with van der Waals surface area (Å²) in [5.74, 6) is 1.02. The van der Waals surface area contributed by atoms with E-state index in [-0.39, 0.29) is 0 Å². The van der Waals surface area contributed by atoms with Crippen molar-refractivity contribution in [3.8, 4) is 5.75 Å². The topological polar surface area (TPSA) is 21.3 Å². The fourth-order valence-electron chi connectivity index (χ4n) is 2.49. The standard InChI is InChI=1S/C17H20BrNOS/c1-11-7-13(9-19-14-3-4-14)8-12(2)17(11)20-10-16-15(18)5-6-21-16/h5-8,14,19H,3-4,9-10H2,1-2H3. The summed E-state index contributed by atoms with van der Waals surface area (Å²) in [5, 5.41) is 5.64. The number of hydrogen-bond donors (Lipinski definition) is 1. The zero-order chi connectivity index (χ0) is 14.8. The molecule has 3 rings (SSSR count). The van der Waals surface area contributed by atoms with Gasteiger partial charge >= 0.3 is 0 Å². The van der Waals surface area contributed by atoms with Crippen LogP contribution in [-0.2, 0) is 13.2 Å². The molecule has 1 aromatic heterocycles. The van der Waals surface area contributed by atoms with Crippen LogP contribution in [0.2, 0.25) is 0 Å². The van der Waals surface area contributed by atoms with Gasteiger partial charge in [-0.15, -0.1) is 11.3 Å². The highest BCUT2D eigenvalue weighted by Gasteiger charge is 2.20. The molecule has 1 aliphatic carbocycles. The number of ether oxygens (including phenoxy) is 1. The minimum absolute atomic E-state index is 0.625. The molecule has 0 unspecified atom stereocenters. The number of rotatable bonds is 6. The van der Waals surface area contributed by atoms with E-state index in [0.29, 0.717) is 6.61 Å². The molecule has 2 nitrogen and oxygen atoms in total. The molecule has 0 radical (unpaired) electrons. The summed E-state index contributed by atoms with van der Waals surface area (Å²) in [6.45, 7) is 5.85. The van der Waals surface area contributed by atoms with Crippen LogP contribution in [0.3, 0.4) is 0 Å². The Morgan fingerprint density at radius 1 is 1.29 bits per heavy atom. The lowest BCUT2D eigenvalue weighted by Gasteiger charge is -2.14. The van der Waals surface area contributed by atoms with E-state index in [0.717, 1.165) is 22.8 Å². The minimum Gasteiger partial charge on any atom is -0.487 e. The van der Waals surface area contributed by atoms with Crippen LogP contribution in [0.15, 0.2) is 28.1 Å². The predicted octanol–water partition coefficient (Wildman–Crippen LogP) is 4.96. The number of nitrogens with one attached hydrogen (secondary N) is 1. The van der Waals surface area contributed by atoms with E-state index in [1.807, 2.05) is 0 Å². The second-order valence-corrected chi connectivity index (χ2v) is 7.55. The highest BCUT2D eigenvalue weighted by atomic mass is 79.9. The van der Waals surface area contributed by atoms with E-state index < -0.39 is 0 Å². The smallest absolute Gasteiger partial charge is 0.125 e. The Kier molecular flexibility index (Phi) is 4.67. The zero-order valence-corrected chi connectivity index (χ0v) is 14.8. The predicted molar refractivity (Wildman–Crippen MR) is 92.1 cm³/mol. The lowest BCUT2D eigenvalue weighted by molar-refractivity contribution is 0.304. The third-order valence-corrected chi connectivity index (χ3v) is 5.63. The third-order valence-electron chi connectivity index (χ3n) is 3.73. The lowest BCUT2D eigenvalue weighted by Crippen LogP contribution is -2.15. The van der Waals surface area contributed by atoms with Crippen molar-refractivity contribution in [2.45, 2.75) is 45.9 Å². The Balaban J connectivity index is 1.68. The monoisotopic (exact) mass is 365 g/mol. The van der Waals surface area contributed by atoms with Crippen molar-refractivity contribution >= 4 is 27.3 Å². The van der Waals surface area contributed by atoms with Crippen LogP contribution in [-0.4, -0.2) is 6.04 Å². The Labute approximate surface area is 138 Å². The summed E-state index contributed by atoms with van der Waals surface area (Å²) >= 11 is 5.27. The van der Waals surface area contributed by atoms with Crippen LogP contribution in [0, 0.1) is 13.8 Å². The maximum atomic E-state index is 6.05. The number of benzene rings is 1. The molecule has 112 valence electrons. The number of thiophene rings is 1. The van der Waals surface area contributed by atoms with E-state index in [9.17, 15) is 0 Å². The molecule has 0 spiro atoms. The van der Waals surface area contributed by atoms with E-state index >= 15 is 0 Å². The first-order valence-electron chi connectivity index (χ1n) is 7.31. The van der Waals surface area contributed by atoms with Crippen LogP contribution < -0.4 is 10.1 Å². The van der Waals surface area contributed by atoms with Gasteiger partial charge in [0.15, 0.2) is 0 Å². The summed E-state index contributed by atoms with van der Waals surface area (Å²) in [7, 11) is 0. The second kappa shape index (κ2) is 6.51. The molecule has 1 aliphatic rings. The van der Waals surface area contributed by atoms with E-state index in [4.69, 9.17) is 4.74 Å². The molecule has 2 aromatic rings. The Bertz CT molecular complexity index is 610. The van der Waals surface area contributed by atoms with Crippen molar-refractivity contribution in [1.82, 2.24) is 5.32 Å². The van der Waals surface area contributed by atoms with Gasteiger partial charge in [0.25, 0.3) is 0 Å². The molecule has 4 heteroatoms. The first-order valence-corrected chi connectivity index (χ1v) is 8.99. The Morgan fingerprint density at radius 3 is 2.57 bits per heavy atom. The van der Waals surface area contributed by atoms with Crippen LogP contribution in [0.5, 0.6) is 5.75 Å². The number of halogens is 1. The molecule has 0 amide bonds. The maximum Gasteiger partial charge on any atom is 0.125 e. The number of aryl methyl sites for hydroxylation is 2. The fraction of sp³-hybridized carbons (Fsp3) is 0.412. The minimum atomic E-state index is 0.625. The van der Waals surface area contributed by atoms with Crippen LogP contribution in [0.1, 0.15) is 34.4 Å². The first kappa shape index (κ1) is 15.1. The van der Waals surface area contributed by atoms with Crippen molar-refractivity contribution in [2.24, 2.45) is 0 Å². The summed E-state index contributed by atoms with van der Waals surface area (Å²) in [5.41, 5.74) is 3.78. The van der Waals surface area contributed by atoms with Gasteiger partial charge < -0.3 is 10.1 Å². The molecule has 0 aliphatic heterocycles. The average Bonchev–Trinajstić information content (AvgIpc) is 3.18. The lowest BCUT2D eigenvalue weighted by atomic mass is 10.1. The molecular weight excluding hydrogens is 346 g/mol. The maximum absolute atomic E-state index is 6.05. The van der Waals surface area contributed by atoms with Gasteiger partial charge in [0.05, 0.1) is 4.88 Å². The van der Waals surface area contributed by atoms with Crippen molar-refractivity contribution < 1.29 is 4.74 Å². The zero-order valence-electron chi connectivity index (χ0n) is 12.4. The van der Waals surface area contributed by atoms with Crippen molar-refractivity contribution in [1.29, 1.82) is 0 Å². The molecule has 21 heavy (non-hydrogen) atoms. The van der Waals surface area contributed by atoms with Gasteiger partial charge in [-0.05, 0) is 70.8 Å². The molecule has 1 aromatic carbocycles. The molecule has 0 saturated heterocycles. The summed E-state index contributed by atoms with van der Waals surface area (Å²) in [4.78, 5) is 1.23. The van der Waals surface area contributed by atoms with Gasteiger partial charge in [0, 0.05) is 17.1 Å². The molecule has 1 heterocycles. The van der Waals surface area contributed by atoms with E-state index in [1.165, 1.54) is 34.4 Å². The van der Waals surface area contributed by atoms with E-state index in [1.54, 1.807) is 11.3 Å². The molecule has 1 fully saturated rings. The summed E-state index contributed by atoms with van der Waals surface area (Å²) in [6, 6.07) is 7.29. The molecular formula is C17H20BrNOS. The summed E-state index contributed by atoms with van der Waals surface area (Å²) in [6.07, 6.45) is 2.66. The fourth-order valence-corrected chi connectivity index (χ4v) is 3.86. The van der Waals surface area contributed by atoms with Crippen molar-refractivity contribution in [2.75, 3.05) is 0 Å². The average molecular weight is 366 g/mol. The SMILES string of the molecule is Cc1cc(CNC2CC2)cc(C)c1OCc1sccc1Br. The van der Waals surface area contributed by atoms with Gasteiger partial charge in [-0.2, -0.15) is 0 Å². The highest BCUT2D eigenvalue weighted by molar-refractivity contribution is 9.10. The van der Waals surface area contributed by atoms with Crippen LogP contribution in [0.25, 0.3) is 0 Å². The highest BCUT2D eigenvalue weighted by Crippen LogP contribution is 2.29.